The van der Waals surface area contributed by atoms with E-state index in [9.17, 15) is 4.79 Å². The van der Waals surface area contributed by atoms with Gasteiger partial charge >= 0.3 is 0 Å². The maximum absolute atomic E-state index is 12.5. The predicted octanol–water partition coefficient (Wildman–Crippen LogP) is 3.19. The summed E-state index contributed by atoms with van der Waals surface area (Å²) in [5.41, 5.74) is 2.98. The molecule has 3 nitrogen and oxygen atoms in total. The Morgan fingerprint density at radius 1 is 1.16 bits per heavy atom. The molecule has 0 amide bonds. The van der Waals surface area contributed by atoms with Gasteiger partial charge in [-0.1, -0.05) is 40.2 Å². The third kappa shape index (κ3) is 1.50. The van der Waals surface area contributed by atoms with Crippen LogP contribution in [0.25, 0.3) is 22.3 Å². The molecule has 0 fully saturated rings. The molecule has 0 radical (unpaired) electrons. The summed E-state index contributed by atoms with van der Waals surface area (Å²) in [6.45, 7) is 0.614. The highest BCUT2D eigenvalue weighted by atomic mass is 79.9. The number of rotatable bonds is 0. The van der Waals surface area contributed by atoms with Crippen molar-refractivity contribution in [2.45, 2.75) is 6.54 Å². The normalized spacial score (nSPS) is 12.5. The van der Waals surface area contributed by atoms with E-state index < -0.39 is 0 Å². The molecule has 4 heteroatoms. The molecule has 1 aromatic heterocycles. The fourth-order valence-electron chi connectivity index (χ4n) is 2.59. The van der Waals surface area contributed by atoms with E-state index in [0.29, 0.717) is 11.9 Å². The number of benzene rings is 2. The number of halogens is 1. The Labute approximate surface area is 117 Å². The lowest BCUT2D eigenvalue weighted by Crippen LogP contribution is -2.20. The fraction of sp³-hybridized carbons (Fsp3) is 0.0667. The molecular formula is C15H9BrN2O. The molecule has 2 aromatic carbocycles. The first-order valence-electron chi connectivity index (χ1n) is 6.02. The summed E-state index contributed by atoms with van der Waals surface area (Å²) in [6.07, 6.45) is 0. The summed E-state index contributed by atoms with van der Waals surface area (Å²) >= 11 is 3.42. The van der Waals surface area contributed by atoms with Gasteiger partial charge in [-0.3, -0.25) is 9.36 Å². The second-order valence-corrected chi connectivity index (χ2v) is 5.56. The zero-order valence-corrected chi connectivity index (χ0v) is 11.5. The minimum Gasteiger partial charge on any atom is -0.288 e. The van der Waals surface area contributed by atoms with E-state index in [-0.39, 0.29) is 5.56 Å². The molecule has 0 atom stereocenters. The highest BCUT2D eigenvalue weighted by Crippen LogP contribution is 2.29. The summed E-state index contributed by atoms with van der Waals surface area (Å²) in [5.74, 6) is 0.770. The van der Waals surface area contributed by atoms with Crippen molar-refractivity contribution in [1.82, 2.24) is 9.55 Å². The van der Waals surface area contributed by atoms with Gasteiger partial charge in [-0.05, 0) is 23.8 Å². The van der Waals surface area contributed by atoms with Gasteiger partial charge in [0.15, 0.2) is 0 Å². The smallest absolute Gasteiger partial charge is 0.261 e. The van der Waals surface area contributed by atoms with Gasteiger partial charge in [0.25, 0.3) is 5.56 Å². The van der Waals surface area contributed by atoms with Gasteiger partial charge in [0.1, 0.15) is 5.82 Å². The third-order valence-electron chi connectivity index (χ3n) is 3.50. The molecule has 1 aliphatic rings. The van der Waals surface area contributed by atoms with Gasteiger partial charge in [-0.15, -0.1) is 0 Å². The molecule has 2 heterocycles. The van der Waals surface area contributed by atoms with Gasteiger partial charge in [0.05, 0.1) is 17.4 Å². The lowest BCUT2D eigenvalue weighted by molar-refractivity contribution is 0.797. The van der Waals surface area contributed by atoms with Crippen LogP contribution in [0.1, 0.15) is 5.56 Å². The topological polar surface area (TPSA) is 34.9 Å². The fourth-order valence-corrected chi connectivity index (χ4v) is 2.94. The molecule has 3 aromatic rings. The van der Waals surface area contributed by atoms with Crippen molar-refractivity contribution in [2.24, 2.45) is 0 Å². The molecule has 0 saturated heterocycles. The Morgan fingerprint density at radius 3 is 2.89 bits per heavy atom. The standard InChI is InChI=1S/C15H9BrN2O/c16-10-5-6-12-13(7-10)17-14-11-4-2-1-3-9(11)8-18(14)15(12)19/h1-7H,8H2. The molecule has 0 N–H and O–H groups in total. The van der Waals surface area contributed by atoms with Crippen LogP contribution in [0.5, 0.6) is 0 Å². The molecular weight excluding hydrogens is 304 g/mol. The first-order valence-corrected chi connectivity index (χ1v) is 6.82. The van der Waals surface area contributed by atoms with Crippen LogP contribution in [0.15, 0.2) is 51.7 Å². The summed E-state index contributed by atoms with van der Waals surface area (Å²) < 4.78 is 2.68. The Balaban J connectivity index is 2.14. The van der Waals surface area contributed by atoms with Crippen LogP contribution in [-0.4, -0.2) is 9.55 Å². The molecule has 4 rings (SSSR count). The number of aromatic nitrogens is 2. The van der Waals surface area contributed by atoms with Crippen LogP contribution in [0.2, 0.25) is 0 Å². The van der Waals surface area contributed by atoms with Crippen molar-refractivity contribution >= 4 is 26.8 Å². The molecule has 92 valence electrons. The SMILES string of the molecule is O=c1c2ccc(Br)cc2nc2n1Cc1ccccc1-2. The van der Waals surface area contributed by atoms with Crippen molar-refractivity contribution in [3.8, 4) is 11.4 Å². The highest BCUT2D eigenvalue weighted by molar-refractivity contribution is 9.10. The summed E-state index contributed by atoms with van der Waals surface area (Å²) in [5, 5.41) is 0.666. The molecule has 1 aliphatic heterocycles. The lowest BCUT2D eigenvalue weighted by atomic mass is 10.1. The van der Waals surface area contributed by atoms with Crippen molar-refractivity contribution in [3.63, 3.8) is 0 Å². The van der Waals surface area contributed by atoms with Crippen LogP contribution < -0.4 is 5.56 Å². The number of nitrogens with zero attached hydrogens (tertiary/aromatic N) is 2. The maximum atomic E-state index is 12.5. The zero-order chi connectivity index (χ0) is 13.0. The number of hydrogen-bond acceptors (Lipinski definition) is 2. The average Bonchev–Trinajstić information content (AvgIpc) is 2.78. The molecule has 0 aliphatic carbocycles. The molecule has 0 spiro atoms. The van der Waals surface area contributed by atoms with E-state index >= 15 is 0 Å². The minimum atomic E-state index is 0.0312. The molecule has 0 saturated carbocycles. The first-order chi connectivity index (χ1) is 9.24. The van der Waals surface area contributed by atoms with Gasteiger partial charge in [-0.25, -0.2) is 4.98 Å². The Kier molecular flexibility index (Phi) is 2.17. The van der Waals surface area contributed by atoms with Crippen molar-refractivity contribution in [3.05, 3.63) is 62.9 Å². The Hall–Kier alpha value is -1.94. The molecule has 0 bridgehead atoms. The van der Waals surface area contributed by atoms with Crippen LogP contribution in [0.4, 0.5) is 0 Å². The summed E-state index contributed by atoms with van der Waals surface area (Å²) in [7, 11) is 0. The maximum Gasteiger partial charge on any atom is 0.261 e. The third-order valence-corrected chi connectivity index (χ3v) is 4.00. The van der Waals surface area contributed by atoms with E-state index in [1.54, 1.807) is 4.57 Å². The lowest BCUT2D eigenvalue weighted by Gasteiger charge is -2.05. The Bertz CT molecular complexity index is 883. The monoisotopic (exact) mass is 312 g/mol. The van der Waals surface area contributed by atoms with Crippen molar-refractivity contribution < 1.29 is 0 Å². The minimum absolute atomic E-state index is 0.0312. The second kappa shape index (κ2) is 3.78. The number of fused-ring (bicyclic) bond motifs is 4. The second-order valence-electron chi connectivity index (χ2n) is 4.65. The summed E-state index contributed by atoms with van der Waals surface area (Å²) in [4.78, 5) is 17.2. The van der Waals surface area contributed by atoms with E-state index in [1.807, 2.05) is 42.5 Å². The van der Waals surface area contributed by atoms with Gasteiger partial charge in [0, 0.05) is 10.0 Å². The molecule has 0 unspecified atom stereocenters. The quantitative estimate of drug-likeness (QED) is 0.500. The Morgan fingerprint density at radius 2 is 2.00 bits per heavy atom. The van der Waals surface area contributed by atoms with Crippen LogP contribution in [-0.2, 0) is 6.54 Å². The molecule has 19 heavy (non-hydrogen) atoms. The van der Waals surface area contributed by atoms with Crippen LogP contribution >= 0.6 is 15.9 Å². The van der Waals surface area contributed by atoms with Gasteiger partial charge in [-0.2, -0.15) is 0 Å². The average molecular weight is 313 g/mol. The van der Waals surface area contributed by atoms with Crippen molar-refractivity contribution in [1.29, 1.82) is 0 Å². The van der Waals surface area contributed by atoms with E-state index in [0.717, 1.165) is 26.9 Å². The van der Waals surface area contributed by atoms with E-state index in [4.69, 9.17) is 0 Å². The van der Waals surface area contributed by atoms with Crippen molar-refractivity contribution in [2.75, 3.05) is 0 Å². The highest BCUT2D eigenvalue weighted by Gasteiger charge is 2.21. The van der Waals surface area contributed by atoms with Crippen LogP contribution in [0.3, 0.4) is 0 Å². The number of hydrogen-bond donors (Lipinski definition) is 0. The van der Waals surface area contributed by atoms with Gasteiger partial charge < -0.3 is 0 Å². The van der Waals surface area contributed by atoms with Crippen LogP contribution in [0, 0.1) is 0 Å². The van der Waals surface area contributed by atoms with Gasteiger partial charge in [0.2, 0.25) is 0 Å². The van der Waals surface area contributed by atoms with E-state index in [2.05, 4.69) is 20.9 Å². The van der Waals surface area contributed by atoms with E-state index in [1.165, 1.54) is 0 Å². The zero-order valence-electron chi connectivity index (χ0n) is 9.93. The predicted molar refractivity (Wildman–Crippen MR) is 78.2 cm³/mol. The largest absolute Gasteiger partial charge is 0.288 e. The summed E-state index contributed by atoms with van der Waals surface area (Å²) in [6, 6.07) is 13.6. The first kappa shape index (κ1) is 10.9.